The van der Waals surface area contributed by atoms with Crippen molar-refractivity contribution < 1.29 is 10.2 Å². The average molecular weight is 201 g/mol. The van der Waals surface area contributed by atoms with E-state index < -0.39 is 0 Å². The molecule has 3 N–H and O–H groups in total. The maximum atomic E-state index is 9.48. The molecule has 4 atom stereocenters. The quantitative estimate of drug-likeness (QED) is 0.633. The van der Waals surface area contributed by atoms with E-state index in [-0.39, 0.29) is 18.2 Å². The minimum Gasteiger partial charge on any atom is -0.393 e. The van der Waals surface area contributed by atoms with Gasteiger partial charge in [0.2, 0.25) is 0 Å². The van der Waals surface area contributed by atoms with Gasteiger partial charge in [-0.3, -0.25) is 0 Å². The number of nitrogens with one attached hydrogen (secondary N) is 1. The van der Waals surface area contributed by atoms with Gasteiger partial charge in [-0.05, 0) is 45.6 Å². The molecule has 0 aromatic rings. The lowest BCUT2D eigenvalue weighted by atomic mass is 9.87. The highest BCUT2D eigenvalue weighted by atomic mass is 16.3. The molecule has 0 spiro atoms. The number of aliphatic hydroxyl groups excluding tert-OH is 2. The predicted octanol–water partition coefficient (Wildman–Crippen LogP) is 0.896. The van der Waals surface area contributed by atoms with Gasteiger partial charge in [0.05, 0.1) is 12.2 Å². The monoisotopic (exact) mass is 201 g/mol. The molecule has 0 bridgehead atoms. The summed E-state index contributed by atoms with van der Waals surface area (Å²) in [4.78, 5) is 0. The standard InChI is InChI=1S/C11H23NO2/c1-8(9(2)13)12-7-10-4-3-5-11(14)6-10/h8-14H,3-7H2,1-2H3. The fourth-order valence-electron chi connectivity index (χ4n) is 1.97. The molecule has 0 heterocycles. The van der Waals surface area contributed by atoms with E-state index in [1.165, 1.54) is 6.42 Å². The van der Waals surface area contributed by atoms with Gasteiger partial charge >= 0.3 is 0 Å². The Hall–Kier alpha value is -0.120. The molecule has 3 heteroatoms. The normalized spacial score (nSPS) is 32.6. The Morgan fingerprint density at radius 2 is 2.07 bits per heavy atom. The van der Waals surface area contributed by atoms with Gasteiger partial charge in [-0.15, -0.1) is 0 Å². The van der Waals surface area contributed by atoms with E-state index in [9.17, 15) is 10.2 Å². The second kappa shape index (κ2) is 5.69. The van der Waals surface area contributed by atoms with Gasteiger partial charge in [-0.2, -0.15) is 0 Å². The number of rotatable bonds is 4. The molecule has 0 radical (unpaired) electrons. The summed E-state index contributed by atoms with van der Waals surface area (Å²) < 4.78 is 0. The molecule has 0 amide bonds. The van der Waals surface area contributed by atoms with Gasteiger partial charge in [0, 0.05) is 6.04 Å². The van der Waals surface area contributed by atoms with E-state index >= 15 is 0 Å². The molecule has 3 nitrogen and oxygen atoms in total. The van der Waals surface area contributed by atoms with Crippen LogP contribution in [0.25, 0.3) is 0 Å². The molecule has 0 saturated heterocycles. The van der Waals surface area contributed by atoms with Crippen molar-refractivity contribution in [1.82, 2.24) is 5.32 Å². The first-order chi connectivity index (χ1) is 6.59. The molecule has 0 aromatic carbocycles. The number of hydrogen-bond acceptors (Lipinski definition) is 3. The van der Waals surface area contributed by atoms with E-state index in [4.69, 9.17) is 0 Å². The zero-order chi connectivity index (χ0) is 10.6. The van der Waals surface area contributed by atoms with Crippen LogP contribution in [-0.2, 0) is 0 Å². The average Bonchev–Trinajstić information content (AvgIpc) is 2.14. The molecule has 1 rings (SSSR count). The van der Waals surface area contributed by atoms with E-state index in [1.807, 2.05) is 6.92 Å². The Kier molecular flexibility index (Phi) is 4.85. The smallest absolute Gasteiger partial charge is 0.0662 e. The summed E-state index contributed by atoms with van der Waals surface area (Å²) in [5, 5.41) is 22.1. The molecule has 1 aliphatic rings. The van der Waals surface area contributed by atoms with Crippen LogP contribution in [0.4, 0.5) is 0 Å². The van der Waals surface area contributed by atoms with Gasteiger partial charge < -0.3 is 15.5 Å². The fourth-order valence-corrected chi connectivity index (χ4v) is 1.97. The van der Waals surface area contributed by atoms with Gasteiger partial charge in [0.25, 0.3) is 0 Å². The van der Waals surface area contributed by atoms with Crippen LogP contribution in [0.5, 0.6) is 0 Å². The summed E-state index contributed by atoms with van der Waals surface area (Å²) in [6.45, 7) is 4.71. The highest BCUT2D eigenvalue weighted by Crippen LogP contribution is 2.23. The van der Waals surface area contributed by atoms with E-state index in [1.54, 1.807) is 6.92 Å². The molecule has 4 unspecified atom stereocenters. The Morgan fingerprint density at radius 3 is 2.64 bits per heavy atom. The topological polar surface area (TPSA) is 52.5 Å². The van der Waals surface area contributed by atoms with Crippen molar-refractivity contribution in [3.05, 3.63) is 0 Å². The third kappa shape index (κ3) is 3.95. The summed E-state index contributed by atoms with van der Waals surface area (Å²) in [6, 6.07) is 0.147. The Balaban J connectivity index is 2.17. The third-order valence-corrected chi connectivity index (χ3v) is 3.21. The van der Waals surface area contributed by atoms with Crippen molar-refractivity contribution in [3.63, 3.8) is 0 Å². The molecular formula is C11H23NO2. The Bertz CT molecular complexity index is 161. The largest absolute Gasteiger partial charge is 0.393 e. The van der Waals surface area contributed by atoms with Crippen LogP contribution in [0.15, 0.2) is 0 Å². The van der Waals surface area contributed by atoms with Crippen LogP contribution in [0, 0.1) is 5.92 Å². The first kappa shape index (κ1) is 12.0. The zero-order valence-corrected chi connectivity index (χ0v) is 9.24. The minimum absolute atomic E-state index is 0.0996. The summed E-state index contributed by atoms with van der Waals surface area (Å²) in [5.74, 6) is 0.583. The summed E-state index contributed by atoms with van der Waals surface area (Å²) in [5.41, 5.74) is 0. The molecule has 0 aliphatic heterocycles. The molecule has 1 aliphatic carbocycles. The second-order valence-corrected chi connectivity index (χ2v) is 4.62. The van der Waals surface area contributed by atoms with Crippen molar-refractivity contribution in [2.24, 2.45) is 5.92 Å². The highest BCUT2D eigenvalue weighted by molar-refractivity contribution is 4.76. The second-order valence-electron chi connectivity index (χ2n) is 4.62. The van der Waals surface area contributed by atoms with Gasteiger partial charge in [0.15, 0.2) is 0 Å². The van der Waals surface area contributed by atoms with Crippen LogP contribution >= 0.6 is 0 Å². The first-order valence-corrected chi connectivity index (χ1v) is 5.69. The SMILES string of the molecule is CC(O)C(C)NCC1CCCC(O)C1. The predicted molar refractivity (Wildman–Crippen MR) is 57.1 cm³/mol. The number of aliphatic hydroxyl groups is 2. The van der Waals surface area contributed by atoms with Crippen molar-refractivity contribution in [3.8, 4) is 0 Å². The fraction of sp³-hybridized carbons (Fsp3) is 1.00. The molecule has 14 heavy (non-hydrogen) atoms. The Morgan fingerprint density at radius 1 is 1.36 bits per heavy atom. The van der Waals surface area contributed by atoms with Crippen molar-refractivity contribution >= 4 is 0 Å². The lowest BCUT2D eigenvalue weighted by Crippen LogP contribution is -2.39. The molecule has 84 valence electrons. The van der Waals surface area contributed by atoms with Gasteiger partial charge in [0.1, 0.15) is 0 Å². The maximum absolute atomic E-state index is 9.48. The molecule has 1 saturated carbocycles. The van der Waals surface area contributed by atoms with E-state index in [0.29, 0.717) is 5.92 Å². The molecule has 1 fully saturated rings. The van der Waals surface area contributed by atoms with E-state index in [2.05, 4.69) is 5.32 Å². The summed E-state index contributed by atoms with van der Waals surface area (Å²) >= 11 is 0. The van der Waals surface area contributed by atoms with Crippen LogP contribution in [-0.4, -0.2) is 35.0 Å². The van der Waals surface area contributed by atoms with Crippen LogP contribution < -0.4 is 5.32 Å². The molecular weight excluding hydrogens is 178 g/mol. The van der Waals surface area contributed by atoms with Gasteiger partial charge in [-0.1, -0.05) is 6.42 Å². The third-order valence-electron chi connectivity index (χ3n) is 3.21. The van der Waals surface area contributed by atoms with Gasteiger partial charge in [-0.25, -0.2) is 0 Å². The summed E-state index contributed by atoms with van der Waals surface area (Å²) in [6.07, 6.45) is 3.82. The van der Waals surface area contributed by atoms with Crippen LogP contribution in [0.2, 0.25) is 0 Å². The summed E-state index contributed by atoms with van der Waals surface area (Å²) in [7, 11) is 0. The van der Waals surface area contributed by atoms with Crippen molar-refractivity contribution in [1.29, 1.82) is 0 Å². The van der Waals surface area contributed by atoms with Crippen LogP contribution in [0.3, 0.4) is 0 Å². The van der Waals surface area contributed by atoms with Crippen molar-refractivity contribution in [2.45, 2.75) is 57.8 Å². The minimum atomic E-state index is -0.302. The Labute approximate surface area is 86.5 Å². The lowest BCUT2D eigenvalue weighted by molar-refractivity contribution is 0.0948. The maximum Gasteiger partial charge on any atom is 0.0662 e. The first-order valence-electron chi connectivity index (χ1n) is 5.69. The lowest BCUT2D eigenvalue weighted by Gasteiger charge is -2.27. The molecule has 0 aromatic heterocycles. The number of hydrogen-bond donors (Lipinski definition) is 3. The van der Waals surface area contributed by atoms with Crippen molar-refractivity contribution in [2.75, 3.05) is 6.54 Å². The van der Waals surface area contributed by atoms with Crippen LogP contribution in [0.1, 0.15) is 39.5 Å². The zero-order valence-electron chi connectivity index (χ0n) is 9.24. The van der Waals surface area contributed by atoms with E-state index in [0.717, 1.165) is 25.8 Å². The highest BCUT2D eigenvalue weighted by Gasteiger charge is 2.20.